The summed E-state index contributed by atoms with van der Waals surface area (Å²) < 4.78 is 8.22. The van der Waals surface area contributed by atoms with E-state index < -0.39 is 0 Å². The number of aromatic nitrogens is 1. The summed E-state index contributed by atoms with van der Waals surface area (Å²) in [5.41, 5.74) is 4.85. The molecule has 2 aliphatic rings. The van der Waals surface area contributed by atoms with Crippen LogP contribution in [0, 0.1) is 5.92 Å². The van der Waals surface area contributed by atoms with Crippen LogP contribution in [0.5, 0.6) is 0 Å². The van der Waals surface area contributed by atoms with Crippen molar-refractivity contribution in [2.24, 2.45) is 10.9 Å². The van der Waals surface area contributed by atoms with Crippen molar-refractivity contribution in [3.8, 4) is 11.5 Å². The van der Waals surface area contributed by atoms with Gasteiger partial charge in [-0.3, -0.25) is 14.6 Å². The Morgan fingerprint density at radius 3 is 2.83 bits per heavy atom. The van der Waals surface area contributed by atoms with Crippen LogP contribution < -0.4 is 5.43 Å². The van der Waals surface area contributed by atoms with Gasteiger partial charge in [0.15, 0.2) is 17.0 Å². The van der Waals surface area contributed by atoms with E-state index in [0.29, 0.717) is 5.56 Å². The van der Waals surface area contributed by atoms with Crippen LogP contribution in [-0.2, 0) is 13.0 Å². The second-order valence-electron chi connectivity index (χ2n) is 7.77. The maximum Gasteiger partial charge on any atom is 0.193 e. The van der Waals surface area contributed by atoms with E-state index in [1.807, 2.05) is 29.8 Å². The second-order valence-corrected chi connectivity index (χ2v) is 7.77. The van der Waals surface area contributed by atoms with Gasteiger partial charge in [-0.2, -0.15) is 0 Å². The van der Waals surface area contributed by atoms with Crippen molar-refractivity contribution in [2.45, 2.75) is 32.7 Å². The van der Waals surface area contributed by atoms with Crippen LogP contribution in [0.25, 0.3) is 28.0 Å². The van der Waals surface area contributed by atoms with E-state index in [-0.39, 0.29) is 17.1 Å². The molecule has 0 amide bonds. The monoisotopic (exact) mass is 386 g/mol. The smallest absolute Gasteiger partial charge is 0.193 e. The third-order valence-electron chi connectivity index (χ3n) is 5.88. The van der Waals surface area contributed by atoms with Crippen molar-refractivity contribution >= 4 is 28.5 Å². The Hall–Kier alpha value is -3.21. The van der Waals surface area contributed by atoms with Crippen LogP contribution in [0.1, 0.15) is 41.3 Å². The number of nitrogens with zero attached hydrogens (tertiary/aromatic N) is 2. The van der Waals surface area contributed by atoms with Crippen LogP contribution in [0.15, 0.2) is 50.7 Å². The van der Waals surface area contributed by atoms with Crippen LogP contribution in [0.4, 0.5) is 0 Å². The second kappa shape index (κ2) is 6.69. The van der Waals surface area contributed by atoms with Gasteiger partial charge in [-0.1, -0.05) is 18.2 Å². The topological polar surface area (TPSA) is 64.6 Å². The number of furan rings is 1. The highest BCUT2D eigenvalue weighted by Crippen LogP contribution is 2.38. The van der Waals surface area contributed by atoms with Crippen LogP contribution in [0.3, 0.4) is 0 Å². The summed E-state index contributed by atoms with van der Waals surface area (Å²) >= 11 is 0. The summed E-state index contributed by atoms with van der Waals surface area (Å²) in [6.07, 6.45) is 8.18. The molecule has 0 radical (unpaired) electrons. The van der Waals surface area contributed by atoms with Crippen molar-refractivity contribution < 1.29 is 9.21 Å². The third kappa shape index (κ3) is 2.89. The minimum Gasteiger partial charge on any atom is -0.454 e. The molecule has 146 valence electrons. The molecule has 29 heavy (non-hydrogen) atoms. The first-order valence-electron chi connectivity index (χ1n) is 10.0. The van der Waals surface area contributed by atoms with Gasteiger partial charge in [0.25, 0.3) is 0 Å². The van der Waals surface area contributed by atoms with Crippen molar-refractivity contribution in [1.29, 1.82) is 0 Å². The number of rotatable bonds is 4. The van der Waals surface area contributed by atoms with E-state index in [2.05, 4.69) is 17.1 Å². The van der Waals surface area contributed by atoms with Crippen LogP contribution in [0.2, 0.25) is 0 Å². The van der Waals surface area contributed by atoms with Crippen LogP contribution in [-0.4, -0.2) is 23.6 Å². The lowest BCUT2D eigenvalue weighted by atomic mass is 9.98. The molecule has 0 spiro atoms. The number of hydrogen-bond acceptors (Lipinski definition) is 4. The minimum atomic E-state index is -0.211. The summed E-state index contributed by atoms with van der Waals surface area (Å²) in [5.74, 6) is 0.761. The number of fused-ring (bicyclic) bond motifs is 5. The number of carbonyl (C=O) groups excluding carboxylic acids is 1. The van der Waals surface area contributed by atoms with E-state index in [1.165, 1.54) is 0 Å². The Kier molecular flexibility index (Phi) is 4.12. The predicted molar refractivity (Wildman–Crippen MR) is 115 cm³/mol. The van der Waals surface area contributed by atoms with Gasteiger partial charge in [0.1, 0.15) is 5.58 Å². The van der Waals surface area contributed by atoms with Gasteiger partial charge in [-0.25, -0.2) is 0 Å². The molecule has 1 aliphatic heterocycles. The highest BCUT2D eigenvalue weighted by molar-refractivity contribution is 6.10. The number of aryl methyl sites for hydroxylation is 2. The van der Waals surface area contributed by atoms with E-state index in [0.717, 1.165) is 64.9 Å². The summed E-state index contributed by atoms with van der Waals surface area (Å²) in [6, 6.07) is 7.75. The molecule has 1 saturated carbocycles. The van der Waals surface area contributed by atoms with Crippen LogP contribution >= 0.6 is 0 Å². The fourth-order valence-electron chi connectivity index (χ4n) is 4.18. The Morgan fingerprint density at radius 2 is 2.10 bits per heavy atom. The Bertz CT molecular complexity index is 1270. The Balaban J connectivity index is 1.63. The third-order valence-corrected chi connectivity index (χ3v) is 5.88. The molecule has 0 bridgehead atoms. The zero-order valence-corrected chi connectivity index (χ0v) is 16.6. The average molecular weight is 386 g/mol. The molecule has 3 heterocycles. The van der Waals surface area contributed by atoms with E-state index in [4.69, 9.17) is 4.42 Å². The minimum absolute atomic E-state index is 0.0122. The van der Waals surface area contributed by atoms with E-state index in [9.17, 15) is 9.59 Å². The molecule has 1 aromatic carbocycles. The molecule has 5 rings (SSSR count). The van der Waals surface area contributed by atoms with Gasteiger partial charge in [-0.05, 0) is 43.4 Å². The molecule has 1 aliphatic carbocycles. The fraction of sp³-hybridized carbons (Fsp3) is 0.292. The van der Waals surface area contributed by atoms with Gasteiger partial charge >= 0.3 is 0 Å². The average Bonchev–Trinajstić information content (AvgIpc) is 3.51. The molecule has 1 fully saturated rings. The number of allylic oxidation sites excluding steroid dienone is 2. The lowest BCUT2D eigenvalue weighted by molar-refractivity contribution is 0.0966. The maximum atomic E-state index is 12.6. The zero-order valence-electron chi connectivity index (χ0n) is 16.6. The molecule has 0 unspecified atom stereocenters. The molecule has 0 atom stereocenters. The standard InChI is InChI=1S/C24H22N2O3/c1-3-14(12-25-2)16-6-7-17-18-8-9-26-13-19(23(28)15-4-5-15)21(27)11-20(26)24(18)29-22(17)10-16/h3,6-7,10-13,15H,4-5,8-9H2,1-2H3/b14-3+,25-12?. The quantitative estimate of drug-likeness (QED) is 0.489. The van der Waals surface area contributed by atoms with Gasteiger partial charge in [0.05, 0.1) is 11.3 Å². The number of hydrogen-bond donors (Lipinski definition) is 0. The number of Topliss-reactive ketones (excluding diaryl/α,β-unsaturated/α-hetero) is 1. The fourth-order valence-corrected chi connectivity index (χ4v) is 4.18. The van der Waals surface area contributed by atoms with Crippen molar-refractivity contribution in [2.75, 3.05) is 7.05 Å². The van der Waals surface area contributed by atoms with Gasteiger partial charge in [-0.15, -0.1) is 0 Å². The Morgan fingerprint density at radius 1 is 1.28 bits per heavy atom. The van der Waals surface area contributed by atoms with Crippen molar-refractivity contribution in [3.63, 3.8) is 0 Å². The highest BCUT2D eigenvalue weighted by atomic mass is 16.3. The number of carbonyl (C=O) groups is 1. The number of aliphatic imine (C=N–C) groups is 1. The maximum absolute atomic E-state index is 12.6. The summed E-state index contributed by atoms with van der Waals surface area (Å²) in [4.78, 5) is 29.2. The normalized spacial score (nSPS) is 16.3. The first kappa shape index (κ1) is 17.9. The first-order valence-corrected chi connectivity index (χ1v) is 10.0. The number of ketones is 1. The molecule has 5 heteroatoms. The molecule has 0 saturated heterocycles. The molecular weight excluding hydrogens is 364 g/mol. The van der Waals surface area contributed by atoms with Gasteiger partial charge in [0, 0.05) is 48.9 Å². The summed E-state index contributed by atoms with van der Waals surface area (Å²) in [5, 5.41) is 1.07. The molecule has 2 aromatic heterocycles. The largest absolute Gasteiger partial charge is 0.454 e. The van der Waals surface area contributed by atoms with Gasteiger partial charge < -0.3 is 8.98 Å². The summed E-state index contributed by atoms with van der Waals surface area (Å²) in [7, 11) is 1.75. The Labute approximate surface area is 168 Å². The molecule has 5 nitrogen and oxygen atoms in total. The summed E-state index contributed by atoms with van der Waals surface area (Å²) in [6.45, 7) is 2.71. The SMILES string of the molecule is C/C=C(\C=NC)c1ccc2c3c(oc2c1)-c1cc(=O)c(C(=O)C2CC2)cn1CC3. The van der Waals surface area contributed by atoms with E-state index >= 15 is 0 Å². The predicted octanol–water partition coefficient (Wildman–Crippen LogP) is 4.51. The first-order chi connectivity index (χ1) is 14.1. The molecular formula is C24H22N2O3. The highest BCUT2D eigenvalue weighted by Gasteiger charge is 2.33. The lowest BCUT2D eigenvalue weighted by Crippen LogP contribution is -2.22. The van der Waals surface area contributed by atoms with E-state index in [1.54, 1.807) is 19.3 Å². The van der Waals surface area contributed by atoms with Gasteiger partial charge in [0.2, 0.25) is 0 Å². The van der Waals surface area contributed by atoms with Crippen molar-refractivity contribution in [1.82, 2.24) is 4.57 Å². The van der Waals surface area contributed by atoms with Crippen molar-refractivity contribution in [3.05, 3.63) is 63.5 Å². The molecule has 0 N–H and O–H groups in total. The lowest BCUT2D eigenvalue weighted by Gasteiger charge is -2.19. The number of pyridine rings is 1. The number of benzene rings is 1. The zero-order chi connectivity index (χ0) is 20.1. The molecule has 3 aromatic rings.